The van der Waals surface area contributed by atoms with Gasteiger partial charge in [-0.25, -0.2) is 18.4 Å². The van der Waals surface area contributed by atoms with Crippen molar-refractivity contribution in [1.29, 1.82) is 0 Å². The number of sulfone groups is 1. The van der Waals surface area contributed by atoms with E-state index in [4.69, 9.17) is 11.6 Å². The molecular weight excluding hydrogens is 308 g/mol. The predicted molar refractivity (Wildman–Crippen MR) is 81.2 cm³/mol. The summed E-state index contributed by atoms with van der Waals surface area (Å²) in [5, 5.41) is -0.332. The highest BCUT2D eigenvalue weighted by Gasteiger charge is 2.24. The van der Waals surface area contributed by atoms with Crippen molar-refractivity contribution in [2.24, 2.45) is 0 Å². The van der Waals surface area contributed by atoms with Crippen molar-refractivity contribution >= 4 is 32.5 Å². The summed E-state index contributed by atoms with van der Waals surface area (Å²) in [6.45, 7) is 1.89. The van der Waals surface area contributed by atoms with Gasteiger partial charge in [0.15, 0.2) is 10.2 Å². The highest BCUT2D eigenvalue weighted by molar-refractivity contribution is 7.91. The molecule has 0 bridgehead atoms. The Bertz CT molecular complexity index is 922. The molecule has 0 atom stereocenters. The summed E-state index contributed by atoms with van der Waals surface area (Å²) in [4.78, 5) is 8.42. The standard InChI is InChI=1S/C15H11ClN2O2S/c1-10-6-8-11(9-7-10)21(19,20)15-14(16)17-12-4-2-3-5-13(12)18-15/h2-9H,1H3. The van der Waals surface area contributed by atoms with Crippen molar-refractivity contribution in [3.8, 4) is 0 Å². The third-order valence-electron chi connectivity index (χ3n) is 3.08. The Morgan fingerprint density at radius 3 is 2.10 bits per heavy atom. The Balaban J connectivity index is 2.23. The average Bonchev–Trinajstić information content (AvgIpc) is 2.47. The summed E-state index contributed by atoms with van der Waals surface area (Å²) >= 11 is 6.02. The maximum absolute atomic E-state index is 12.6. The molecule has 1 heterocycles. The second-order valence-electron chi connectivity index (χ2n) is 4.62. The van der Waals surface area contributed by atoms with Crippen molar-refractivity contribution in [1.82, 2.24) is 9.97 Å². The molecule has 3 aromatic rings. The Labute approximate surface area is 127 Å². The molecule has 1 aromatic heterocycles. The smallest absolute Gasteiger partial charge is 0.226 e. The highest BCUT2D eigenvalue weighted by atomic mass is 35.5. The Kier molecular flexibility index (Phi) is 3.39. The maximum atomic E-state index is 12.6. The monoisotopic (exact) mass is 318 g/mol. The van der Waals surface area contributed by atoms with Gasteiger partial charge in [0.05, 0.1) is 15.9 Å². The van der Waals surface area contributed by atoms with E-state index in [1.165, 1.54) is 12.1 Å². The fraction of sp³-hybridized carbons (Fsp3) is 0.0667. The number of benzene rings is 2. The van der Waals surface area contributed by atoms with Gasteiger partial charge in [0.1, 0.15) is 0 Å². The molecule has 0 aliphatic carbocycles. The first-order valence-corrected chi connectivity index (χ1v) is 8.08. The number of halogens is 1. The zero-order chi connectivity index (χ0) is 15.0. The van der Waals surface area contributed by atoms with Gasteiger partial charge in [-0.1, -0.05) is 41.4 Å². The van der Waals surface area contributed by atoms with Gasteiger partial charge in [0.25, 0.3) is 0 Å². The largest absolute Gasteiger partial charge is 0.231 e. The van der Waals surface area contributed by atoms with Crippen molar-refractivity contribution in [3.63, 3.8) is 0 Å². The molecule has 0 aliphatic rings. The average molecular weight is 319 g/mol. The van der Waals surface area contributed by atoms with Crippen molar-refractivity contribution < 1.29 is 8.42 Å². The van der Waals surface area contributed by atoms with Crippen molar-refractivity contribution in [2.45, 2.75) is 16.8 Å². The van der Waals surface area contributed by atoms with E-state index >= 15 is 0 Å². The molecule has 0 saturated carbocycles. The normalized spacial score (nSPS) is 11.7. The molecule has 0 saturated heterocycles. The van der Waals surface area contributed by atoms with Crippen LogP contribution in [0.15, 0.2) is 58.5 Å². The third-order valence-corrected chi connectivity index (χ3v) is 5.15. The van der Waals surface area contributed by atoms with E-state index in [0.29, 0.717) is 11.0 Å². The van der Waals surface area contributed by atoms with Gasteiger partial charge in [-0.3, -0.25) is 0 Å². The maximum Gasteiger partial charge on any atom is 0.226 e. The van der Waals surface area contributed by atoms with Crippen LogP contribution in [0.2, 0.25) is 5.15 Å². The van der Waals surface area contributed by atoms with Crippen LogP contribution in [-0.2, 0) is 9.84 Å². The molecule has 4 nitrogen and oxygen atoms in total. The number of rotatable bonds is 2. The van der Waals surface area contributed by atoms with Gasteiger partial charge < -0.3 is 0 Å². The van der Waals surface area contributed by atoms with E-state index in [1.54, 1.807) is 36.4 Å². The van der Waals surface area contributed by atoms with Crippen LogP contribution in [0.3, 0.4) is 0 Å². The lowest BCUT2D eigenvalue weighted by molar-refractivity contribution is 0.592. The number of aryl methyl sites for hydroxylation is 1. The molecule has 0 fully saturated rings. The van der Waals surface area contributed by atoms with Gasteiger partial charge in [-0.2, -0.15) is 0 Å². The lowest BCUT2D eigenvalue weighted by Gasteiger charge is -2.07. The van der Waals surface area contributed by atoms with Crippen LogP contribution < -0.4 is 0 Å². The first-order valence-electron chi connectivity index (χ1n) is 6.22. The fourth-order valence-corrected chi connectivity index (χ4v) is 3.60. The molecule has 0 amide bonds. The van der Waals surface area contributed by atoms with Gasteiger partial charge in [-0.05, 0) is 31.2 Å². The second-order valence-corrected chi connectivity index (χ2v) is 6.85. The van der Waals surface area contributed by atoms with Crippen LogP contribution in [-0.4, -0.2) is 18.4 Å². The molecule has 3 rings (SSSR count). The number of fused-ring (bicyclic) bond motifs is 1. The molecule has 0 unspecified atom stereocenters. The summed E-state index contributed by atoms with van der Waals surface area (Å²) < 4.78 is 25.2. The van der Waals surface area contributed by atoms with Crippen molar-refractivity contribution in [3.05, 3.63) is 59.2 Å². The minimum atomic E-state index is -3.78. The van der Waals surface area contributed by atoms with Crippen LogP contribution in [0.1, 0.15) is 5.56 Å². The van der Waals surface area contributed by atoms with E-state index in [-0.39, 0.29) is 15.1 Å². The van der Waals surface area contributed by atoms with E-state index in [1.807, 2.05) is 6.92 Å². The molecule has 6 heteroatoms. The van der Waals surface area contributed by atoms with Gasteiger partial charge >= 0.3 is 0 Å². The molecule has 21 heavy (non-hydrogen) atoms. The van der Waals surface area contributed by atoms with Crippen LogP contribution in [0.5, 0.6) is 0 Å². The Morgan fingerprint density at radius 2 is 1.48 bits per heavy atom. The van der Waals surface area contributed by atoms with E-state index in [2.05, 4.69) is 9.97 Å². The quantitative estimate of drug-likeness (QED) is 0.726. The van der Waals surface area contributed by atoms with Crippen LogP contribution in [0.4, 0.5) is 0 Å². The molecular formula is C15H11ClN2O2S. The number of hydrogen-bond donors (Lipinski definition) is 0. The summed E-state index contributed by atoms with van der Waals surface area (Å²) in [7, 11) is -3.78. The van der Waals surface area contributed by atoms with Crippen LogP contribution in [0.25, 0.3) is 11.0 Å². The number of aromatic nitrogens is 2. The predicted octanol–water partition coefficient (Wildman–Crippen LogP) is 3.42. The Hall–Kier alpha value is -1.98. The highest BCUT2D eigenvalue weighted by Crippen LogP contribution is 2.26. The van der Waals surface area contributed by atoms with Crippen LogP contribution in [0, 0.1) is 6.92 Å². The van der Waals surface area contributed by atoms with Gasteiger partial charge in [0.2, 0.25) is 9.84 Å². The first kappa shape index (κ1) is 14.0. The van der Waals surface area contributed by atoms with E-state index < -0.39 is 9.84 Å². The zero-order valence-electron chi connectivity index (χ0n) is 11.1. The minimum absolute atomic E-state index is 0.116. The lowest BCUT2D eigenvalue weighted by Crippen LogP contribution is -2.07. The number of hydrogen-bond acceptors (Lipinski definition) is 4. The first-order chi connectivity index (χ1) is 9.98. The minimum Gasteiger partial charge on any atom is -0.231 e. The molecule has 0 aliphatic heterocycles. The summed E-state index contributed by atoms with van der Waals surface area (Å²) in [5.74, 6) is 0. The summed E-state index contributed by atoms with van der Waals surface area (Å²) in [6, 6.07) is 13.5. The summed E-state index contributed by atoms with van der Waals surface area (Å²) in [6.07, 6.45) is 0. The van der Waals surface area contributed by atoms with Gasteiger partial charge in [0, 0.05) is 0 Å². The van der Waals surface area contributed by atoms with Crippen molar-refractivity contribution in [2.75, 3.05) is 0 Å². The zero-order valence-corrected chi connectivity index (χ0v) is 12.7. The molecule has 0 radical (unpaired) electrons. The molecule has 2 aromatic carbocycles. The number of nitrogens with zero attached hydrogens (tertiary/aromatic N) is 2. The van der Waals surface area contributed by atoms with Gasteiger partial charge in [-0.15, -0.1) is 0 Å². The topological polar surface area (TPSA) is 59.9 Å². The van der Waals surface area contributed by atoms with Crippen LogP contribution >= 0.6 is 11.6 Å². The summed E-state index contributed by atoms with van der Waals surface area (Å²) in [5.41, 5.74) is 2.03. The lowest BCUT2D eigenvalue weighted by atomic mass is 10.2. The van der Waals surface area contributed by atoms with E-state index in [0.717, 1.165) is 5.56 Å². The number of para-hydroxylation sites is 2. The Morgan fingerprint density at radius 1 is 0.905 bits per heavy atom. The fourth-order valence-electron chi connectivity index (χ4n) is 1.96. The molecule has 106 valence electrons. The SMILES string of the molecule is Cc1ccc(S(=O)(=O)c2nc3ccccc3nc2Cl)cc1. The molecule has 0 N–H and O–H groups in total. The van der Waals surface area contributed by atoms with E-state index in [9.17, 15) is 8.42 Å². The third kappa shape index (κ3) is 2.50. The molecule has 0 spiro atoms. The second kappa shape index (κ2) is 5.09.